The number of ether oxygens (including phenoxy) is 2. The highest BCUT2D eigenvalue weighted by atomic mass is 16.5. The molecule has 0 aliphatic heterocycles. The third kappa shape index (κ3) is 6.90. The predicted octanol–water partition coefficient (Wildman–Crippen LogP) is 4.95. The highest BCUT2D eigenvalue weighted by Gasteiger charge is 2.17. The van der Waals surface area contributed by atoms with Crippen molar-refractivity contribution in [1.82, 2.24) is 5.32 Å². The second-order valence-corrected chi connectivity index (χ2v) is 7.08. The van der Waals surface area contributed by atoms with E-state index in [0.29, 0.717) is 42.4 Å². The summed E-state index contributed by atoms with van der Waals surface area (Å²) in [7, 11) is 3.13. The van der Waals surface area contributed by atoms with E-state index < -0.39 is 0 Å². The van der Waals surface area contributed by atoms with Gasteiger partial charge >= 0.3 is 12.1 Å². The lowest BCUT2D eigenvalue weighted by molar-refractivity contribution is 0.252. The number of carbonyl (C=O) groups excluding carboxylic acids is 2. The minimum absolute atomic E-state index is 0.286. The van der Waals surface area contributed by atoms with Crippen LogP contribution < -0.4 is 30.3 Å². The number of nitrogens with zero attached hydrogens (tertiary/aromatic N) is 1. The molecule has 0 spiro atoms. The molecule has 0 bridgehead atoms. The number of benzene rings is 3. The van der Waals surface area contributed by atoms with Crippen molar-refractivity contribution in [1.29, 1.82) is 0 Å². The van der Waals surface area contributed by atoms with Gasteiger partial charge in [0.15, 0.2) is 0 Å². The number of rotatable bonds is 9. The topological polar surface area (TPSA) is 91.9 Å². The third-order valence-corrected chi connectivity index (χ3v) is 4.83. The van der Waals surface area contributed by atoms with Gasteiger partial charge in [0.25, 0.3) is 0 Å². The zero-order valence-electron chi connectivity index (χ0n) is 18.7. The molecule has 0 aliphatic carbocycles. The number of anilines is 3. The highest BCUT2D eigenvalue weighted by Crippen LogP contribution is 2.24. The molecule has 0 heterocycles. The number of carbonyl (C=O) groups is 2. The first-order valence-corrected chi connectivity index (χ1v) is 10.6. The van der Waals surface area contributed by atoms with Crippen molar-refractivity contribution in [2.24, 2.45) is 0 Å². The summed E-state index contributed by atoms with van der Waals surface area (Å²) in [5.74, 6) is 1.24. The van der Waals surface area contributed by atoms with Crippen molar-refractivity contribution >= 4 is 29.1 Å². The maximum absolute atomic E-state index is 13.1. The Morgan fingerprint density at radius 1 is 0.848 bits per heavy atom. The number of hydrogen-bond donors (Lipinski definition) is 3. The Morgan fingerprint density at radius 3 is 2.36 bits per heavy atom. The van der Waals surface area contributed by atoms with Crippen LogP contribution in [-0.2, 0) is 0 Å². The first-order valence-electron chi connectivity index (χ1n) is 10.6. The Kier molecular flexibility index (Phi) is 8.53. The lowest BCUT2D eigenvalue weighted by Gasteiger charge is -2.24. The van der Waals surface area contributed by atoms with Crippen LogP contribution in [0.25, 0.3) is 0 Å². The minimum atomic E-state index is -0.326. The number of methoxy groups -OCH3 is 2. The highest BCUT2D eigenvalue weighted by molar-refractivity contribution is 6.02. The molecule has 33 heavy (non-hydrogen) atoms. The van der Waals surface area contributed by atoms with E-state index >= 15 is 0 Å². The Bertz CT molecular complexity index is 1060. The van der Waals surface area contributed by atoms with E-state index in [1.54, 1.807) is 55.5 Å². The van der Waals surface area contributed by atoms with Crippen molar-refractivity contribution in [3.63, 3.8) is 0 Å². The largest absolute Gasteiger partial charge is 0.497 e. The number of nitrogens with one attached hydrogen (secondary N) is 3. The number of amides is 4. The Balaban J connectivity index is 1.57. The van der Waals surface area contributed by atoms with E-state index in [4.69, 9.17) is 9.47 Å². The number of hydrogen-bond acceptors (Lipinski definition) is 4. The SMILES string of the molecule is COc1cccc(NC(=O)NCCCN(C(=O)Nc2ccccc2OC)c2ccccc2)c1. The second kappa shape index (κ2) is 12.0. The Labute approximate surface area is 193 Å². The predicted molar refractivity (Wildman–Crippen MR) is 130 cm³/mol. The molecule has 0 radical (unpaired) electrons. The van der Waals surface area contributed by atoms with Crippen LogP contribution in [0.2, 0.25) is 0 Å². The van der Waals surface area contributed by atoms with E-state index in [1.165, 1.54) is 0 Å². The lowest BCUT2D eigenvalue weighted by atomic mass is 10.2. The summed E-state index contributed by atoms with van der Waals surface area (Å²) in [6.45, 7) is 0.797. The van der Waals surface area contributed by atoms with Gasteiger partial charge in [-0.1, -0.05) is 36.4 Å². The van der Waals surface area contributed by atoms with Crippen molar-refractivity contribution in [2.75, 3.05) is 42.8 Å². The number of urea groups is 2. The molecule has 3 N–H and O–H groups in total. The van der Waals surface area contributed by atoms with Gasteiger partial charge in [0.1, 0.15) is 11.5 Å². The summed E-state index contributed by atoms with van der Waals surface area (Å²) >= 11 is 0. The van der Waals surface area contributed by atoms with Gasteiger partial charge in [-0.2, -0.15) is 0 Å². The molecule has 0 saturated heterocycles. The van der Waals surface area contributed by atoms with E-state index in [9.17, 15) is 9.59 Å². The van der Waals surface area contributed by atoms with Gasteiger partial charge in [0.05, 0.1) is 19.9 Å². The molecule has 172 valence electrons. The second-order valence-electron chi connectivity index (χ2n) is 7.08. The van der Waals surface area contributed by atoms with Gasteiger partial charge in [-0.05, 0) is 42.8 Å². The van der Waals surface area contributed by atoms with Crippen molar-refractivity contribution in [3.05, 3.63) is 78.9 Å². The van der Waals surface area contributed by atoms with Crippen LogP contribution in [-0.4, -0.2) is 39.4 Å². The van der Waals surface area contributed by atoms with Crippen LogP contribution in [0, 0.1) is 0 Å². The van der Waals surface area contributed by atoms with Crippen molar-refractivity contribution < 1.29 is 19.1 Å². The van der Waals surface area contributed by atoms with Crippen LogP contribution >= 0.6 is 0 Å². The van der Waals surface area contributed by atoms with E-state index in [2.05, 4.69) is 16.0 Å². The van der Waals surface area contributed by atoms with Crippen LogP contribution in [0.3, 0.4) is 0 Å². The molecule has 0 unspecified atom stereocenters. The maximum atomic E-state index is 13.1. The van der Waals surface area contributed by atoms with Crippen molar-refractivity contribution in [3.8, 4) is 11.5 Å². The van der Waals surface area contributed by atoms with E-state index in [-0.39, 0.29) is 12.1 Å². The van der Waals surface area contributed by atoms with Gasteiger partial charge in [-0.15, -0.1) is 0 Å². The maximum Gasteiger partial charge on any atom is 0.326 e. The molecule has 0 atom stereocenters. The molecule has 4 amide bonds. The zero-order chi connectivity index (χ0) is 23.5. The molecular weight excluding hydrogens is 420 g/mol. The lowest BCUT2D eigenvalue weighted by Crippen LogP contribution is -2.38. The first-order chi connectivity index (χ1) is 16.1. The van der Waals surface area contributed by atoms with E-state index in [0.717, 1.165) is 5.69 Å². The normalized spacial score (nSPS) is 10.1. The molecule has 8 nitrogen and oxygen atoms in total. The molecular formula is C25H28N4O4. The summed E-state index contributed by atoms with van der Waals surface area (Å²) in [5, 5.41) is 8.48. The fourth-order valence-electron chi connectivity index (χ4n) is 3.20. The summed E-state index contributed by atoms with van der Waals surface area (Å²) in [6, 6.07) is 23.1. The van der Waals surface area contributed by atoms with Gasteiger partial charge < -0.3 is 25.4 Å². The molecule has 3 aromatic carbocycles. The average molecular weight is 449 g/mol. The molecule has 8 heteroatoms. The third-order valence-electron chi connectivity index (χ3n) is 4.83. The molecule has 3 aromatic rings. The van der Waals surface area contributed by atoms with Crippen LogP contribution in [0.5, 0.6) is 11.5 Å². The quantitative estimate of drug-likeness (QED) is 0.404. The number of para-hydroxylation sites is 3. The van der Waals surface area contributed by atoms with Gasteiger partial charge in [-0.3, -0.25) is 4.90 Å². The molecule has 0 aliphatic rings. The fraction of sp³-hybridized carbons (Fsp3) is 0.200. The summed E-state index contributed by atoms with van der Waals surface area (Å²) in [4.78, 5) is 26.9. The summed E-state index contributed by atoms with van der Waals surface area (Å²) < 4.78 is 10.5. The minimum Gasteiger partial charge on any atom is -0.497 e. The first kappa shape index (κ1) is 23.5. The monoisotopic (exact) mass is 448 g/mol. The smallest absolute Gasteiger partial charge is 0.326 e. The Morgan fingerprint density at radius 2 is 1.61 bits per heavy atom. The average Bonchev–Trinajstić information content (AvgIpc) is 2.85. The fourth-order valence-corrected chi connectivity index (χ4v) is 3.20. The van der Waals surface area contributed by atoms with Gasteiger partial charge in [0.2, 0.25) is 0 Å². The molecule has 0 aromatic heterocycles. The van der Waals surface area contributed by atoms with E-state index in [1.807, 2.05) is 42.5 Å². The molecule has 3 rings (SSSR count). The molecule has 0 fully saturated rings. The Hall–Kier alpha value is -4.20. The van der Waals surface area contributed by atoms with Gasteiger partial charge in [0, 0.05) is 30.5 Å². The zero-order valence-corrected chi connectivity index (χ0v) is 18.7. The standard InChI is InChI=1S/C25H28N4O4/c1-32-21-13-8-10-19(18-21)27-24(30)26-16-9-17-29(20-11-4-3-5-12-20)25(31)28-22-14-6-7-15-23(22)33-2/h3-8,10-15,18H,9,16-17H2,1-2H3,(H,28,31)(H2,26,27,30). The van der Waals surface area contributed by atoms with Crippen LogP contribution in [0.4, 0.5) is 26.7 Å². The summed E-state index contributed by atoms with van der Waals surface area (Å²) in [6.07, 6.45) is 0.555. The van der Waals surface area contributed by atoms with Gasteiger partial charge in [-0.25, -0.2) is 9.59 Å². The molecule has 0 saturated carbocycles. The van der Waals surface area contributed by atoms with Crippen molar-refractivity contribution in [2.45, 2.75) is 6.42 Å². The van der Waals surface area contributed by atoms with Crippen LogP contribution in [0.15, 0.2) is 78.9 Å². The summed E-state index contributed by atoms with van der Waals surface area (Å²) in [5.41, 5.74) is 1.97. The van der Waals surface area contributed by atoms with Crippen LogP contribution in [0.1, 0.15) is 6.42 Å².